The average molecular weight is 294 g/mol. The smallest absolute Gasteiger partial charge is 0.336 e. The maximum Gasteiger partial charge on any atom is 0.336 e. The molecule has 0 aliphatic heterocycles. The van der Waals surface area contributed by atoms with E-state index in [1.165, 1.54) is 12.1 Å². The van der Waals surface area contributed by atoms with Crippen LogP contribution in [0.3, 0.4) is 0 Å². The summed E-state index contributed by atoms with van der Waals surface area (Å²) in [5.41, 5.74) is 0.670. The molecule has 0 fully saturated rings. The molecule has 2 aromatic carbocycles. The first-order valence-corrected chi connectivity index (χ1v) is 6.93. The second kappa shape index (κ2) is 5.85. The SMILES string of the molecule is CC=CC(=O)OCc1cc(=O)oc2ccc3ccccc3c12. The summed E-state index contributed by atoms with van der Waals surface area (Å²) in [4.78, 5) is 23.2. The van der Waals surface area contributed by atoms with Crippen LogP contribution in [0.4, 0.5) is 0 Å². The van der Waals surface area contributed by atoms with E-state index in [4.69, 9.17) is 9.15 Å². The number of hydrogen-bond donors (Lipinski definition) is 0. The Morgan fingerprint density at radius 2 is 2.05 bits per heavy atom. The van der Waals surface area contributed by atoms with Gasteiger partial charge in [-0.3, -0.25) is 0 Å². The first-order chi connectivity index (χ1) is 10.7. The van der Waals surface area contributed by atoms with Crippen molar-refractivity contribution in [2.75, 3.05) is 0 Å². The van der Waals surface area contributed by atoms with E-state index in [9.17, 15) is 9.59 Å². The van der Waals surface area contributed by atoms with Gasteiger partial charge in [-0.1, -0.05) is 36.4 Å². The minimum Gasteiger partial charge on any atom is -0.458 e. The lowest BCUT2D eigenvalue weighted by Crippen LogP contribution is -2.05. The number of ether oxygens (including phenoxy) is 1. The molecule has 0 radical (unpaired) electrons. The number of carbonyl (C=O) groups is 1. The second-order valence-electron chi connectivity index (χ2n) is 4.86. The summed E-state index contributed by atoms with van der Waals surface area (Å²) in [5, 5.41) is 2.79. The third-order valence-corrected chi connectivity index (χ3v) is 3.39. The van der Waals surface area contributed by atoms with Crippen molar-refractivity contribution in [2.45, 2.75) is 13.5 Å². The van der Waals surface area contributed by atoms with E-state index < -0.39 is 11.6 Å². The van der Waals surface area contributed by atoms with Crippen molar-refractivity contribution >= 4 is 27.7 Å². The Balaban J connectivity index is 2.17. The maximum atomic E-state index is 11.7. The zero-order valence-corrected chi connectivity index (χ0v) is 12.0. The first-order valence-electron chi connectivity index (χ1n) is 6.93. The van der Waals surface area contributed by atoms with E-state index in [1.54, 1.807) is 19.1 Å². The van der Waals surface area contributed by atoms with Gasteiger partial charge in [0.2, 0.25) is 0 Å². The van der Waals surface area contributed by atoms with Crippen molar-refractivity contribution in [1.29, 1.82) is 0 Å². The molecule has 110 valence electrons. The molecule has 3 aromatic rings. The fourth-order valence-electron chi connectivity index (χ4n) is 2.47. The van der Waals surface area contributed by atoms with Gasteiger partial charge in [0.05, 0.1) is 0 Å². The summed E-state index contributed by atoms with van der Waals surface area (Å²) < 4.78 is 10.4. The highest BCUT2D eigenvalue weighted by atomic mass is 16.5. The Bertz CT molecular complexity index is 935. The van der Waals surface area contributed by atoms with Crippen LogP contribution in [-0.4, -0.2) is 5.97 Å². The molecule has 1 heterocycles. The molecular weight excluding hydrogens is 280 g/mol. The van der Waals surface area contributed by atoms with E-state index in [-0.39, 0.29) is 6.61 Å². The van der Waals surface area contributed by atoms with E-state index in [0.717, 1.165) is 16.2 Å². The summed E-state index contributed by atoms with van der Waals surface area (Å²) >= 11 is 0. The molecule has 0 amide bonds. The lowest BCUT2D eigenvalue weighted by molar-refractivity contribution is -0.138. The number of allylic oxidation sites excluding steroid dienone is 1. The van der Waals surface area contributed by atoms with Crippen molar-refractivity contribution in [2.24, 2.45) is 0 Å². The fourth-order valence-corrected chi connectivity index (χ4v) is 2.47. The Labute approximate surface area is 126 Å². The molecule has 0 N–H and O–H groups in total. The van der Waals surface area contributed by atoms with E-state index >= 15 is 0 Å². The number of hydrogen-bond acceptors (Lipinski definition) is 4. The van der Waals surface area contributed by atoms with E-state index in [1.807, 2.05) is 30.3 Å². The van der Waals surface area contributed by atoms with Gasteiger partial charge in [0.1, 0.15) is 12.2 Å². The Kier molecular flexibility index (Phi) is 3.74. The number of carbonyl (C=O) groups excluding carboxylic acids is 1. The van der Waals surface area contributed by atoms with Gasteiger partial charge in [0, 0.05) is 23.1 Å². The summed E-state index contributed by atoms with van der Waals surface area (Å²) in [6, 6.07) is 12.8. The standard InChI is InChI=1S/C18H14O4/c1-2-5-16(19)21-11-13-10-17(20)22-15-9-8-12-6-3-4-7-14(12)18(13)15/h2-10H,11H2,1H3. The van der Waals surface area contributed by atoms with Crippen LogP contribution in [0.1, 0.15) is 12.5 Å². The number of esters is 1. The van der Waals surface area contributed by atoms with Crippen LogP contribution >= 0.6 is 0 Å². The number of fused-ring (bicyclic) bond motifs is 3. The second-order valence-corrected chi connectivity index (χ2v) is 4.86. The highest BCUT2D eigenvalue weighted by Gasteiger charge is 2.10. The first kappa shape index (κ1) is 14.1. The van der Waals surface area contributed by atoms with Gasteiger partial charge >= 0.3 is 11.6 Å². The Morgan fingerprint density at radius 3 is 2.86 bits per heavy atom. The molecule has 1 aromatic heterocycles. The molecule has 0 atom stereocenters. The molecule has 0 spiro atoms. The summed E-state index contributed by atoms with van der Waals surface area (Å²) in [6.07, 6.45) is 2.95. The maximum absolute atomic E-state index is 11.7. The lowest BCUT2D eigenvalue weighted by Gasteiger charge is -2.08. The summed E-state index contributed by atoms with van der Waals surface area (Å²) in [7, 11) is 0. The molecular formula is C18H14O4. The van der Waals surface area contributed by atoms with Crippen LogP contribution in [0, 0.1) is 0 Å². The molecule has 3 rings (SSSR count). The van der Waals surface area contributed by atoms with Crippen LogP contribution in [0.5, 0.6) is 0 Å². The molecule has 0 saturated heterocycles. The normalized spacial score (nSPS) is 11.3. The van der Waals surface area contributed by atoms with Gasteiger partial charge in [-0.05, 0) is 23.8 Å². The predicted octanol–water partition coefficient (Wildman–Crippen LogP) is 3.57. The molecule has 0 aliphatic rings. The predicted molar refractivity (Wildman–Crippen MR) is 84.6 cm³/mol. The largest absolute Gasteiger partial charge is 0.458 e. The summed E-state index contributed by atoms with van der Waals surface area (Å²) in [6.45, 7) is 1.76. The van der Waals surface area contributed by atoms with Crippen molar-refractivity contribution in [1.82, 2.24) is 0 Å². The topological polar surface area (TPSA) is 56.5 Å². The van der Waals surface area contributed by atoms with Gasteiger partial charge in [-0.25, -0.2) is 9.59 Å². The average Bonchev–Trinajstić information content (AvgIpc) is 2.52. The minimum absolute atomic E-state index is 0.0271. The van der Waals surface area contributed by atoms with Gasteiger partial charge in [-0.2, -0.15) is 0 Å². The molecule has 22 heavy (non-hydrogen) atoms. The van der Waals surface area contributed by atoms with Crippen LogP contribution in [0.2, 0.25) is 0 Å². The van der Waals surface area contributed by atoms with Gasteiger partial charge in [-0.15, -0.1) is 0 Å². The van der Waals surface area contributed by atoms with Crippen molar-refractivity contribution < 1.29 is 13.9 Å². The monoisotopic (exact) mass is 294 g/mol. The van der Waals surface area contributed by atoms with Crippen molar-refractivity contribution in [3.8, 4) is 0 Å². The zero-order valence-electron chi connectivity index (χ0n) is 12.0. The van der Waals surface area contributed by atoms with Crippen LogP contribution in [-0.2, 0) is 16.1 Å². The highest BCUT2D eigenvalue weighted by Crippen LogP contribution is 2.27. The third kappa shape index (κ3) is 2.63. The van der Waals surface area contributed by atoms with Crippen LogP contribution in [0.15, 0.2) is 63.8 Å². The van der Waals surface area contributed by atoms with Crippen molar-refractivity contribution in [3.05, 3.63) is 70.6 Å². The van der Waals surface area contributed by atoms with Gasteiger partial charge < -0.3 is 9.15 Å². The number of benzene rings is 2. The van der Waals surface area contributed by atoms with Crippen LogP contribution < -0.4 is 5.63 Å². The quantitative estimate of drug-likeness (QED) is 0.321. The molecule has 0 aliphatic carbocycles. The Hall–Kier alpha value is -2.88. The third-order valence-electron chi connectivity index (χ3n) is 3.39. The number of rotatable bonds is 3. The lowest BCUT2D eigenvalue weighted by atomic mass is 10.0. The molecule has 4 heteroatoms. The highest BCUT2D eigenvalue weighted by molar-refractivity contribution is 6.07. The molecule has 0 unspecified atom stereocenters. The van der Waals surface area contributed by atoms with Crippen molar-refractivity contribution in [3.63, 3.8) is 0 Å². The van der Waals surface area contributed by atoms with Gasteiger partial charge in [0.25, 0.3) is 0 Å². The van der Waals surface area contributed by atoms with E-state index in [2.05, 4.69) is 0 Å². The fraction of sp³-hybridized carbons (Fsp3) is 0.111. The molecule has 0 bridgehead atoms. The van der Waals surface area contributed by atoms with Gasteiger partial charge in [0.15, 0.2) is 0 Å². The zero-order chi connectivity index (χ0) is 15.5. The molecule has 0 saturated carbocycles. The van der Waals surface area contributed by atoms with Crippen LogP contribution in [0.25, 0.3) is 21.7 Å². The minimum atomic E-state index is -0.458. The Morgan fingerprint density at radius 1 is 1.23 bits per heavy atom. The van der Waals surface area contributed by atoms with E-state index in [0.29, 0.717) is 11.1 Å². The summed E-state index contributed by atoms with van der Waals surface area (Å²) in [5.74, 6) is -0.441. The molecule has 4 nitrogen and oxygen atoms in total.